The van der Waals surface area contributed by atoms with Crippen LogP contribution < -0.4 is 5.32 Å². The number of rotatable bonds is 5. The lowest BCUT2D eigenvalue weighted by molar-refractivity contribution is -0.146. The van der Waals surface area contributed by atoms with E-state index in [1.165, 1.54) is 19.5 Å². The number of hydrogen-bond acceptors (Lipinski definition) is 4. The predicted octanol–water partition coefficient (Wildman–Crippen LogP) is 1.96. The van der Waals surface area contributed by atoms with Crippen LogP contribution in [0.4, 0.5) is 8.78 Å². The van der Waals surface area contributed by atoms with Crippen molar-refractivity contribution in [1.29, 1.82) is 0 Å². The van der Waals surface area contributed by atoms with E-state index in [1.807, 2.05) is 20.8 Å². The average molecular weight is 275 g/mol. The van der Waals surface area contributed by atoms with Crippen molar-refractivity contribution in [2.75, 3.05) is 7.11 Å². The number of hydrogen-bond donors (Lipinski definition) is 1. The van der Waals surface area contributed by atoms with E-state index in [0.29, 0.717) is 0 Å². The molecule has 0 radical (unpaired) electrons. The van der Waals surface area contributed by atoms with Crippen molar-refractivity contribution in [3.8, 4) is 0 Å². The molecular weight excluding hydrogens is 256 g/mol. The highest BCUT2D eigenvalue weighted by atomic mass is 19.3. The number of carbonyl (C=O) groups excluding carboxylic acids is 1. The van der Waals surface area contributed by atoms with Crippen molar-refractivity contribution in [1.82, 2.24) is 14.9 Å². The number of halogens is 2. The minimum absolute atomic E-state index is 0.0639. The zero-order chi connectivity index (χ0) is 14.6. The summed E-state index contributed by atoms with van der Waals surface area (Å²) in [6.07, 6.45) is 2.50. The summed E-state index contributed by atoms with van der Waals surface area (Å²) in [6, 6.07) is -0.597. The third-order valence-corrected chi connectivity index (χ3v) is 2.73. The maximum absolute atomic E-state index is 12.6. The van der Waals surface area contributed by atoms with Crippen LogP contribution in [0.15, 0.2) is 12.4 Å². The fourth-order valence-electron chi connectivity index (χ4n) is 1.71. The Labute approximate surface area is 111 Å². The van der Waals surface area contributed by atoms with Gasteiger partial charge in [0.2, 0.25) is 0 Å². The van der Waals surface area contributed by atoms with Gasteiger partial charge in [0.05, 0.1) is 13.7 Å². The maximum Gasteiger partial charge on any atom is 0.323 e. The summed E-state index contributed by atoms with van der Waals surface area (Å²) in [7, 11) is 1.29. The monoisotopic (exact) mass is 275 g/mol. The van der Waals surface area contributed by atoms with E-state index in [9.17, 15) is 13.6 Å². The summed E-state index contributed by atoms with van der Waals surface area (Å²) in [6.45, 7) is 3.00. The summed E-state index contributed by atoms with van der Waals surface area (Å²) in [5, 5.41) is 2.92. The van der Waals surface area contributed by atoms with Gasteiger partial charge in [0.25, 0.3) is 0 Å². The second-order valence-electron chi connectivity index (χ2n) is 5.23. The first-order chi connectivity index (χ1) is 8.77. The van der Waals surface area contributed by atoms with Gasteiger partial charge < -0.3 is 4.74 Å². The fourth-order valence-corrected chi connectivity index (χ4v) is 1.71. The van der Waals surface area contributed by atoms with Crippen LogP contribution in [0.5, 0.6) is 0 Å². The van der Waals surface area contributed by atoms with Gasteiger partial charge in [0, 0.05) is 12.4 Å². The minimum Gasteiger partial charge on any atom is -0.468 e. The Morgan fingerprint density at radius 3 is 2.63 bits per heavy atom. The Balaban J connectivity index is 2.77. The molecule has 0 unspecified atom stereocenters. The van der Waals surface area contributed by atoms with Crippen LogP contribution in [0.2, 0.25) is 0 Å². The average Bonchev–Trinajstić information content (AvgIpc) is 2.75. The molecule has 0 spiro atoms. The first kappa shape index (κ1) is 15.6. The molecule has 108 valence electrons. The second-order valence-corrected chi connectivity index (χ2v) is 5.23. The molecule has 5 nitrogen and oxygen atoms in total. The van der Waals surface area contributed by atoms with Crippen molar-refractivity contribution >= 4 is 5.97 Å². The summed E-state index contributed by atoms with van der Waals surface area (Å²) >= 11 is 0. The quantitative estimate of drug-likeness (QED) is 0.835. The molecule has 7 heteroatoms. The Morgan fingerprint density at radius 2 is 2.16 bits per heavy atom. The van der Waals surface area contributed by atoms with Crippen molar-refractivity contribution in [3.05, 3.63) is 18.2 Å². The standard InChI is InChI=1S/C12H19F2N3O2/c1-12(2,3)9(10(18)19-4)16-7-8-15-5-6-17(8)11(13)14/h5-6,9,11,16H,7H2,1-4H3/t9-/m1/s1. The zero-order valence-corrected chi connectivity index (χ0v) is 11.5. The largest absolute Gasteiger partial charge is 0.468 e. The molecule has 0 aromatic carbocycles. The van der Waals surface area contributed by atoms with E-state index < -0.39 is 24.0 Å². The van der Waals surface area contributed by atoms with Gasteiger partial charge in [-0.2, -0.15) is 8.78 Å². The van der Waals surface area contributed by atoms with E-state index in [-0.39, 0.29) is 12.4 Å². The lowest BCUT2D eigenvalue weighted by atomic mass is 9.87. The summed E-state index contributed by atoms with van der Waals surface area (Å²) < 4.78 is 30.8. The number of carbonyl (C=O) groups is 1. The Kier molecular flexibility index (Phi) is 4.99. The van der Waals surface area contributed by atoms with Crippen molar-refractivity contribution in [2.24, 2.45) is 5.41 Å². The number of nitrogens with zero attached hydrogens (tertiary/aromatic N) is 2. The molecule has 0 bridgehead atoms. The molecule has 0 amide bonds. The van der Waals surface area contributed by atoms with Gasteiger partial charge in [-0.15, -0.1) is 0 Å². The molecule has 0 aliphatic rings. The number of alkyl halides is 2. The van der Waals surface area contributed by atoms with Gasteiger partial charge in [-0.3, -0.25) is 14.7 Å². The Hall–Kier alpha value is -1.50. The number of nitrogens with one attached hydrogen (secondary N) is 1. The molecule has 19 heavy (non-hydrogen) atoms. The molecule has 1 aromatic heterocycles. The third kappa shape index (κ3) is 3.99. The predicted molar refractivity (Wildman–Crippen MR) is 65.6 cm³/mol. The van der Waals surface area contributed by atoms with Gasteiger partial charge >= 0.3 is 12.5 Å². The van der Waals surface area contributed by atoms with Gasteiger partial charge in [0.1, 0.15) is 11.9 Å². The van der Waals surface area contributed by atoms with Gasteiger partial charge in [-0.05, 0) is 5.41 Å². The molecule has 0 aliphatic heterocycles. The molecule has 1 rings (SSSR count). The van der Waals surface area contributed by atoms with Crippen LogP contribution in [0.3, 0.4) is 0 Å². The van der Waals surface area contributed by atoms with E-state index >= 15 is 0 Å². The lowest BCUT2D eigenvalue weighted by Gasteiger charge is -2.29. The number of ether oxygens (including phenoxy) is 1. The highest BCUT2D eigenvalue weighted by molar-refractivity contribution is 5.76. The van der Waals surface area contributed by atoms with Crippen molar-refractivity contribution in [2.45, 2.75) is 39.9 Å². The van der Waals surface area contributed by atoms with Crippen LogP contribution in [0.1, 0.15) is 33.1 Å². The second kappa shape index (κ2) is 6.10. The van der Waals surface area contributed by atoms with E-state index in [2.05, 4.69) is 10.3 Å². The molecule has 0 aliphatic carbocycles. The van der Waals surface area contributed by atoms with Gasteiger partial charge in [0.15, 0.2) is 0 Å². The first-order valence-corrected chi connectivity index (χ1v) is 5.88. The Morgan fingerprint density at radius 1 is 1.53 bits per heavy atom. The molecule has 0 saturated heterocycles. The molecule has 1 atom stereocenters. The molecule has 0 fully saturated rings. The van der Waals surface area contributed by atoms with E-state index in [0.717, 1.165) is 4.57 Å². The van der Waals surface area contributed by atoms with Crippen LogP contribution >= 0.6 is 0 Å². The number of imidazole rings is 1. The summed E-state index contributed by atoms with van der Waals surface area (Å²) in [4.78, 5) is 15.5. The van der Waals surface area contributed by atoms with E-state index in [1.54, 1.807) is 0 Å². The SMILES string of the molecule is COC(=O)[C@@H](NCc1nccn1C(F)F)C(C)(C)C. The number of aromatic nitrogens is 2. The normalized spacial score (nSPS) is 13.6. The molecule has 1 heterocycles. The van der Waals surface area contributed by atoms with Crippen molar-refractivity contribution < 1.29 is 18.3 Å². The highest BCUT2D eigenvalue weighted by Gasteiger charge is 2.32. The molecule has 1 N–H and O–H groups in total. The topological polar surface area (TPSA) is 56.1 Å². The molecular formula is C12H19F2N3O2. The van der Waals surface area contributed by atoms with Crippen LogP contribution in [-0.4, -0.2) is 28.7 Å². The maximum atomic E-state index is 12.6. The lowest BCUT2D eigenvalue weighted by Crippen LogP contribution is -2.47. The minimum atomic E-state index is -2.65. The van der Waals surface area contributed by atoms with Gasteiger partial charge in [-0.25, -0.2) is 4.98 Å². The van der Waals surface area contributed by atoms with Crippen LogP contribution in [0, 0.1) is 5.41 Å². The molecule has 1 aromatic rings. The van der Waals surface area contributed by atoms with E-state index in [4.69, 9.17) is 4.74 Å². The summed E-state index contributed by atoms with van der Waals surface area (Å²) in [5.41, 5.74) is -0.394. The smallest absolute Gasteiger partial charge is 0.323 e. The number of methoxy groups -OCH3 is 1. The van der Waals surface area contributed by atoms with Crippen molar-refractivity contribution in [3.63, 3.8) is 0 Å². The highest BCUT2D eigenvalue weighted by Crippen LogP contribution is 2.21. The van der Waals surface area contributed by atoms with Gasteiger partial charge in [-0.1, -0.05) is 20.8 Å². The van der Waals surface area contributed by atoms with Crippen LogP contribution in [0.25, 0.3) is 0 Å². The fraction of sp³-hybridized carbons (Fsp3) is 0.667. The zero-order valence-electron chi connectivity index (χ0n) is 11.5. The van der Waals surface area contributed by atoms with Crippen LogP contribution in [-0.2, 0) is 16.1 Å². The third-order valence-electron chi connectivity index (χ3n) is 2.73. The Bertz CT molecular complexity index is 427. The number of esters is 1. The summed E-state index contributed by atoms with van der Waals surface area (Å²) in [5.74, 6) is -0.254. The first-order valence-electron chi connectivity index (χ1n) is 5.88. The molecule has 0 saturated carbocycles.